The van der Waals surface area contributed by atoms with Gasteiger partial charge in [-0.25, -0.2) is 13.1 Å². The maximum atomic E-state index is 13.2. The van der Waals surface area contributed by atoms with Gasteiger partial charge in [0.15, 0.2) is 0 Å². The molecule has 0 saturated carbocycles. The van der Waals surface area contributed by atoms with Crippen LogP contribution in [0.5, 0.6) is 0 Å². The first-order valence-electron chi connectivity index (χ1n) is 10.7. The molecule has 34 heavy (non-hydrogen) atoms. The molecule has 0 unspecified atom stereocenters. The van der Waals surface area contributed by atoms with Crippen molar-refractivity contribution in [2.24, 2.45) is 0 Å². The molecule has 13 heteroatoms. The van der Waals surface area contributed by atoms with E-state index in [1.165, 1.54) is 35.1 Å². The number of aryl methyl sites for hydroxylation is 1. The average Bonchev–Trinajstić information content (AvgIpc) is 3.26. The van der Waals surface area contributed by atoms with Gasteiger partial charge in [0.25, 0.3) is 5.91 Å². The third-order valence-electron chi connectivity index (χ3n) is 5.51. The number of benzene rings is 1. The lowest BCUT2D eigenvalue weighted by Gasteiger charge is -2.37. The van der Waals surface area contributed by atoms with Crippen molar-refractivity contribution in [1.82, 2.24) is 25.0 Å². The molecular weight excluding hydrogens is 515 g/mol. The number of aromatic nitrogens is 1. The molecule has 4 N–H and O–H groups in total. The van der Waals surface area contributed by atoms with Gasteiger partial charge in [-0.05, 0) is 69.0 Å². The predicted molar refractivity (Wildman–Crippen MR) is 137 cm³/mol. The number of carbonyl (C=O) groups is 2. The number of piperidine rings is 1. The number of nitrogens with zero attached hydrogens (tertiary/aromatic N) is 1. The molecule has 1 aromatic carbocycles. The maximum absolute atomic E-state index is 13.2. The number of thioether (sulfide) groups is 2. The molecular formula is C21H29N5O4S4. The quantitative estimate of drug-likeness (QED) is 0.264. The van der Waals surface area contributed by atoms with Crippen LogP contribution < -0.4 is 20.7 Å². The molecule has 1 aliphatic rings. The Morgan fingerprint density at radius 2 is 1.79 bits per heavy atom. The predicted octanol–water partition coefficient (Wildman–Crippen LogP) is 1.84. The minimum atomic E-state index is -3.67. The van der Waals surface area contributed by atoms with Gasteiger partial charge < -0.3 is 16.0 Å². The molecule has 0 spiro atoms. The largest absolute Gasteiger partial charge is 0.353 e. The zero-order valence-corrected chi connectivity index (χ0v) is 22.5. The highest BCUT2D eigenvalue weighted by Gasteiger charge is 2.41. The minimum Gasteiger partial charge on any atom is -0.353 e. The first kappa shape index (κ1) is 27.0. The first-order valence-corrected chi connectivity index (χ1v) is 15.4. The molecule has 2 aromatic rings. The normalized spacial score (nSPS) is 15.6. The average molecular weight is 544 g/mol. The van der Waals surface area contributed by atoms with Crippen LogP contribution in [0.2, 0.25) is 0 Å². The Balaban J connectivity index is 1.64. The highest BCUT2D eigenvalue weighted by atomic mass is 32.2. The van der Waals surface area contributed by atoms with Crippen LogP contribution >= 0.6 is 35.1 Å². The van der Waals surface area contributed by atoms with E-state index < -0.39 is 15.6 Å². The summed E-state index contributed by atoms with van der Waals surface area (Å²) in [6.07, 6.45) is 4.61. The Kier molecular flexibility index (Phi) is 9.41. The lowest BCUT2D eigenvalue weighted by atomic mass is 9.87. The van der Waals surface area contributed by atoms with Crippen LogP contribution in [0, 0.1) is 6.92 Å². The molecule has 186 valence electrons. The third-order valence-corrected chi connectivity index (χ3v) is 9.73. The Morgan fingerprint density at radius 3 is 2.41 bits per heavy atom. The minimum absolute atomic E-state index is 0.0337. The van der Waals surface area contributed by atoms with Crippen LogP contribution in [0.1, 0.15) is 28.8 Å². The molecule has 2 amide bonds. The smallest absolute Gasteiger partial charge is 0.256 e. The number of hydrogen-bond acceptors (Lipinski definition) is 9. The van der Waals surface area contributed by atoms with E-state index in [9.17, 15) is 18.0 Å². The van der Waals surface area contributed by atoms with E-state index in [0.717, 1.165) is 9.77 Å². The molecule has 3 rings (SSSR count). The number of sulfonamides is 1. The van der Waals surface area contributed by atoms with Gasteiger partial charge in [-0.2, -0.15) is 4.37 Å². The highest BCUT2D eigenvalue weighted by Crippen LogP contribution is 2.33. The summed E-state index contributed by atoms with van der Waals surface area (Å²) in [6.45, 7) is 3.18. The first-order chi connectivity index (χ1) is 16.2. The maximum Gasteiger partial charge on any atom is 0.256 e. The van der Waals surface area contributed by atoms with Gasteiger partial charge in [-0.3, -0.25) is 9.59 Å². The van der Waals surface area contributed by atoms with E-state index in [1.54, 1.807) is 24.3 Å². The van der Waals surface area contributed by atoms with E-state index in [1.807, 2.05) is 19.4 Å². The summed E-state index contributed by atoms with van der Waals surface area (Å²) in [5.41, 5.74) is 0.389. The fourth-order valence-electron chi connectivity index (χ4n) is 3.60. The zero-order chi connectivity index (χ0) is 24.8. The number of carbonyl (C=O) groups excluding carboxylic acids is 2. The van der Waals surface area contributed by atoms with Gasteiger partial charge in [0.2, 0.25) is 15.9 Å². The number of rotatable bonds is 10. The van der Waals surface area contributed by atoms with E-state index in [0.29, 0.717) is 36.5 Å². The number of hydrogen-bond donors (Lipinski definition) is 4. The van der Waals surface area contributed by atoms with E-state index in [4.69, 9.17) is 0 Å². The van der Waals surface area contributed by atoms with Gasteiger partial charge in [-0.15, -0.1) is 23.5 Å². The number of amides is 2. The van der Waals surface area contributed by atoms with Gasteiger partial charge in [0.05, 0.1) is 14.7 Å². The highest BCUT2D eigenvalue weighted by molar-refractivity contribution is 8.01. The van der Waals surface area contributed by atoms with Crippen LogP contribution in [0.25, 0.3) is 0 Å². The van der Waals surface area contributed by atoms with Crippen molar-refractivity contribution in [1.29, 1.82) is 0 Å². The van der Waals surface area contributed by atoms with Crippen molar-refractivity contribution in [2.75, 3.05) is 38.7 Å². The monoisotopic (exact) mass is 543 g/mol. The van der Waals surface area contributed by atoms with Gasteiger partial charge in [-0.1, -0.05) is 17.7 Å². The Morgan fingerprint density at radius 1 is 1.12 bits per heavy atom. The summed E-state index contributed by atoms with van der Waals surface area (Å²) in [6, 6.07) is 6.54. The summed E-state index contributed by atoms with van der Waals surface area (Å²) >= 11 is 4.12. The van der Waals surface area contributed by atoms with Crippen LogP contribution in [-0.4, -0.2) is 68.8 Å². The second-order valence-electron chi connectivity index (χ2n) is 7.81. The van der Waals surface area contributed by atoms with Crippen LogP contribution in [-0.2, 0) is 14.8 Å². The van der Waals surface area contributed by atoms with Gasteiger partial charge >= 0.3 is 0 Å². The van der Waals surface area contributed by atoms with Crippen molar-refractivity contribution in [2.45, 2.75) is 39.4 Å². The van der Waals surface area contributed by atoms with Gasteiger partial charge in [0.1, 0.15) is 10.6 Å². The number of nitrogens with one attached hydrogen (secondary N) is 4. The Labute approximate surface area is 212 Å². The molecule has 1 fully saturated rings. The van der Waals surface area contributed by atoms with Crippen LogP contribution in [0.4, 0.5) is 0 Å². The summed E-state index contributed by atoms with van der Waals surface area (Å²) < 4.78 is 32.6. The Hall–Kier alpha value is -1.64. The fourth-order valence-corrected chi connectivity index (χ4v) is 6.91. The van der Waals surface area contributed by atoms with Crippen molar-refractivity contribution in [3.63, 3.8) is 0 Å². The summed E-state index contributed by atoms with van der Waals surface area (Å²) in [5.74, 6) is -0.643. The summed E-state index contributed by atoms with van der Waals surface area (Å²) in [5, 5.41) is 9.64. The van der Waals surface area contributed by atoms with Crippen LogP contribution in [0.3, 0.4) is 0 Å². The second-order valence-corrected chi connectivity index (χ2v) is 12.2. The van der Waals surface area contributed by atoms with Gasteiger partial charge in [0, 0.05) is 13.1 Å². The van der Waals surface area contributed by atoms with E-state index in [-0.39, 0.29) is 29.8 Å². The van der Waals surface area contributed by atoms with Crippen LogP contribution in [0.15, 0.2) is 38.4 Å². The molecule has 1 saturated heterocycles. The molecule has 9 nitrogen and oxygen atoms in total. The van der Waals surface area contributed by atoms with Crippen molar-refractivity contribution < 1.29 is 18.0 Å². The summed E-state index contributed by atoms with van der Waals surface area (Å²) in [4.78, 5) is 26.6. The zero-order valence-electron chi connectivity index (χ0n) is 19.3. The lowest BCUT2D eigenvalue weighted by Crippen LogP contribution is -2.63. The molecule has 1 aliphatic heterocycles. The fraction of sp³-hybridized carbons (Fsp3) is 0.476. The summed E-state index contributed by atoms with van der Waals surface area (Å²) in [7, 11) is -3.67. The van der Waals surface area contributed by atoms with E-state index in [2.05, 4.69) is 25.0 Å². The topological polar surface area (TPSA) is 129 Å². The SMILES string of the molecule is CSc1nsc(SC)c1C(=O)NC1(C(=O)NCCNS(=O)(=O)c2ccc(C)cc2)CCNCC1. The lowest BCUT2D eigenvalue weighted by molar-refractivity contribution is -0.128. The molecule has 0 radical (unpaired) electrons. The molecule has 0 aliphatic carbocycles. The van der Waals surface area contributed by atoms with E-state index >= 15 is 0 Å². The molecule has 0 bridgehead atoms. The van der Waals surface area contributed by atoms with Crippen molar-refractivity contribution in [3.8, 4) is 0 Å². The van der Waals surface area contributed by atoms with Crippen molar-refractivity contribution in [3.05, 3.63) is 35.4 Å². The van der Waals surface area contributed by atoms with Crippen molar-refractivity contribution >= 4 is 56.9 Å². The molecule has 1 aromatic heterocycles. The second kappa shape index (κ2) is 11.9. The molecule has 0 atom stereocenters. The third kappa shape index (κ3) is 6.32. The Bertz CT molecular complexity index is 1090. The molecule has 2 heterocycles. The standard InChI is InChI=1S/C21H29N5O4S4/c1-14-4-6-15(7-5-14)34(29,30)24-13-12-23-20(28)21(8-10-22-11-9-21)25-17(27)16-18(31-2)26-33-19(16)32-3/h4-7,22,24H,8-13H2,1-3H3,(H,23,28)(H,25,27).